The summed E-state index contributed by atoms with van der Waals surface area (Å²) in [5, 5.41) is 107. The molecule has 3 amide bonds. The van der Waals surface area contributed by atoms with Gasteiger partial charge in [-0.3, -0.25) is 56.5 Å². The zero-order valence-corrected chi connectivity index (χ0v) is 76.6. The molecule has 5 aliphatic heterocycles. The first-order valence-electron chi connectivity index (χ1n) is 45.3. The summed E-state index contributed by atoms with van der Waals surface area (Å²) in [5.41, 5.74) is 3.91. The number of nitrogens with zero attached hydrogens (tertiary/aromatic N) is 5. The first-order chi connectivity index (χ1) is 61.5. The number of phosphoric ester groups is 1. The van der Waals surface area contributed by atoms with E-state index in [4.69, 9.17) is 66.7 Å². The van der Waals surface area contributed by atoms with Crippen LogP contribution in [-0.4, -0.2) is 347 Å². The summed E-state index contributed by atoms with van der Waals surface area (Å²) in [6, 6.07) is -1.13. The van der Waals surface area contributed by atoms with Crippen LogP contribution >= 0.6 is 15.4 Å². The number of ether oxygens (including phenoxy) is 10. The largest absolute Gasteiger partial charge is 0.472 e. The summed E-state index contributed by atoms with van der Waals surface area (Å²) in [6.45, 7) is 3.69. The third kappa shape index (κ3) is 37.0. The van der Waals surface area contributed by atoms with E-state index >= 15 is 0 Å². The molecule has 8 unspecified atom stereocenters. The number of anilines is 1. The standard InChI is InChI=1S/C84H142N8O35P2/c1-52(2)128(111,112)121-46-67-63(39-71(123-67)92-51-89-72-79(85)87-50-88-80(72)92)127-129(113,114)122-45-56-38-62(101)41-91(56)70(104)40-69(103)90-84(47-115-35-28-60(99)22-10-6-8-20-57(96)25-13-17-32-118-81-53(3)73(105)76(108)64(42-93)124-81,48-116-36-29-61(100)23-11-7-9-21-58(97)26-14-18-33-119-82-54(4)74(106)77(109)65(43-94)125-82)49-117-37-30-68(102)86-31-16-12-24-59(98)27-15-19-34-120-83-55(5)75(107)78(110)66(44-95)126-83/h50-56,62-67,71,73-78,81-83,93-95,101,105-110H,6-49H2,1-5H3,(H,86,102)(H,90,103)(H,111,112)(H,113,114)(H2,85,87,88)/t53?,54?,55?,56-,62+,63-,64?,65?,66?,67+,71+,73+,74+,75+,76-,77-,78-,81+,82+,83+,84?/m0/s1. The van der Waals surface area contributed by atoms with Gasteiger partial charge in [-0.15, -0.1) is 0 Å². The van der Waals surface area contributed by atoms with Gasteiger partial charge in [-0.1, -0.05) is 47.5 Å². The van der Waals surface area contributed by atoms with E-state index in [0.717, 1.165) is 4.90 Å². The molecule has 7 rings (SSSR count). The highest BCUT2D eigenvalue weighted by Gasteiger charge is 2.48. The van der Waals surface area contributed by atoms with E-state index in [0.29, 0.717) is 103 Å². The maximum absolute atomic E-state index is 14.6. The van der Waals surface area contributed by atoms with Crippen molar-refractivity contribution in [1.29, 1.82) is 0 Å². The zero-order chi connectivity index (χ0) is 94.4. The van der Waals surface area contributed by atoms with Crippen LogP contribution < -0.4 is 16.4 Å². The molecule has 0 aliphatic carbocycles. The number of unbranched alkanes of at least 4 members (excludes halogenated alkanes) is 8. The fourth-order valence-corrected chi connectivity index (χ4v) is 17.2. The van der Waals surface area contributed by atoms with Gasteiger partial charge in [-0.25, -0.2) is 19.5 Å². The molecule has 22 atom stereocenters. The predicted octanol–water partition coefficient (Wildman–Crippen LogP) is 2.05. The minimum atomic E-state index is -5.18. The molecule has 0 radical (unpaired) electrons. The first-order valence-corrected chi connectivity index (χ1v) is 48.4. The lowest BCUT2D eigenvalue weighted by atomic mass is 9.92. The molecule has 129 heavy (non-hydrogen) atoms. The number of carbonyl (C=O) groups is 8. The number of aliphatic hydroxyl groups is 10. The number of hydrogen-bond acceptors (Lipinski definition) is 37. The molecule has 16 N–H and O–H groups in total. The number of hydrogen-bond donors (Lipinski definition) is 15. The van der Waals surface area contributed by atoms with Crippen LogP contribution in [-0.2, 0) is 108 Å². The van der Waals surface area contributed by atoms with E-state index in [9.17, 15) is 108 Å². The van der Waals surface area contributed by atoms with Crippen LogP contribution in [0, 0.1) is 17.8 Å². The highest BCUT2D eigenvalue weighted by molar-refractivity contribution is 7.53. The maximum atomic E-state index is 14.6. The van der Waals surface area contributed by atoms with Crippen molar-refractivity contribution in [1.82, 2.24) is 35.1 Å². The van der Waals surface area contributed by atoms with E-state index < -0.39 is 226 Å². The monoisotopic (exact) mass is 1880 g/mol. The van der Waals surface area contributed by atoms with Gasteiger partial charge >= 0.3 is 15.4 Å². The van der Waals surface area contributed by atoms with E-state index in [-0.39, 0.29) is 169 Å². The number of phosphoric acid groups is 1. The minimum Gasteiger partial charge on any atom is -0.394 e. The van der Waals surface area contributed by atoms with Gasteiger partial charge in [0.05, 0.1) is 115 Å². The summed E-state index contributed by atoms with van der Waals surface area (Å²) in [6.07, 6.45) is -7.59. The SMILES string of the molecule is CC1[C@H](OCCCCC(=O)CCCCCC(=O)CCOCC(COCCC(=O)CCCCCC(=O)CCCCO[C@@H]2OC(CO)[C@H](O)[C@H](O)C2C)(COCCC(=O)NCCCCC(=O)CCCCO[C@@H]2OC(CO)[C@H](O)[C@H](O)C2C)NC(=O)CC(=O)N2C[C@H](O)C[C@H]2COP(=O)(O)O[C@H]2C[C@H](n3cnc4c(N)ncnc43)O[C@@H]2COP(=O)(O)C(C)C)OC(CO)[C@H](O)[C@@H]1O. The van der Waals surface area contributed by atoms with Crippen molar-refractivity contribution in [2.45, 2.75) is 330 Å². The van der Waals surface area contributed by atoms with E-state index in [1.165, 1.54) is 31.1 Å². The summed E-state index contributed by atoms with van der Waals surface area (Å²) in [4.78, 5) is 143. The van der Waals surface area contributed by atoms with Crippen molar-refractivity contribution in [2.24, 2.45) is 17.8 Å². The van der Waals surface area contributed by atoms with Crippen LogP contribution in [0.2, 0.25) is 0 Å². The second-order valence-electron chi connectivity index (χ2n) is 34.6. The second-order valence-corrected chi connectivity index (χ2v) is 38.4. The summed E-state index contributed by atoms with van der Waals surface area (Å²) >= 11 is 0. The van der Waals surface area contributed by atoms with Gasteiger partial charge in [-0.2, -0.15) is 0 Å². The molecule has 2 aromatic heterocycles. The Balaban J connectivity index is 0.953. The molecule has 2 aromatic rings. The van der Waals surface area contributed by atoms with Crippen LogP contribution in [0.4, 0.5) is 5.82 Å². The van der Waals surface area contributed by atoms with E-state index in [2.05, 4.69) is 25.6 Å². The predicted molar refractivity (Wildman–Crippen MR) is 456 cm³/mol. The number of nitrogens with one attached hydrogen (secondary N) is 2. The highest BCUT2D eigenvalue weighted by atomic mass is 31.2. The Bertz CT molecular complexity index is 3620. The van der Waals surface area contributed by atoms with Crippen molar-refractivity contribution in [2.75, 3.05) is 111 Å². The quantitative estimate of drug-likeness (QED) is 0.0256. The molecule has 5 saturated heterocycles. The molecule has 738 valence electrons. The Morgan fingerprint density at radius 1 is 0.512 bits per heavy atom. The van der Waals surface area contributed by atoms with Gasteiger partial charge in [0.2, 0.25) is 17.7 Å². The topological polar surface area (TPSA) is 630 Å². The summed E-state index contributed by atoms with van der Waals surface area (Å²) in [5.74, 6) is -4.15. The van der Waals surface area contributed by atoms with Crippen LogP contribution in [0.3, 0.4) is 0 Å². The third-order valence-electron chi connectivity index (χ3n) is 23.7. The molecule has 5 aliphatic rings. The van der Waals surface area contributed by atoms with Gasteiger partial charge in [0, 0.05) is 128 Å². The molecular formula is C84H142N8O35P2. The van der Waals surface area contributed by atoms with Gasteiger partial charge < -0.3 is 134 Å². The Labute approximate surface area is 752 Å². The van der Waals surface area contributed by atoms with Crippen molar-refractivity contribution >= 4 is 79.0 Å². The van der Waals surface area contributed by atoms with Crippen molar-refractivity contribution in [3.05, 3.63) is 12.7 Å². The maximum Gasteiger partial charge on any atom is 0.472 e. The lowest BCUT2D eigenvalue weighted by Gasteiger charge is -2.40. The number of nitrogen functional groups attached to an aromatic ring is 1. The number of amides is 3. The van der Waals surface area contributed by atoms with Crippen LogP contribution in [0.25, 0.3) is 11.2 Å². The first kappa shape index (κ1) is 111. The molecule has 43 nitrogen and oxygen atoms in total. The molecule has 0 saturated carbocycles. The van der Waals surface area contributed by atoms with Gasteiger partial charge in [0.25, 0.3) is 0 Å². The molecular weight excluding hydrogens is 1740 g/mol. The highest BCUT2D eigenvalue weighted by Crippen LogP contribution is 2.52. The number of nitrogens with two attached hydrogens (primary N) is 1. The summed E-state index contributed by atoms with van der Waals surface area (Å²) < 4.78 is 104. The smallest absolute Gasteiger partial charge is 0.394 e. The van der Waals surface area contributed by atoms with Crippen molar-refractivity contribution in [3.63, 3.8) is 0 Å². The molecule has 5 fully saturated rings. The molecule has 0 spiro atoms. The van der Waals surface area contributed by atoms with Crippen molar-refractivity contribution < 1.29 is 169 Å². The third-order valence-corrected chi connectivity index (χ3v) is 26.6. The number of imidazole rings is 1. The average molecular weight is 1890 g/mol. The van der Waals surface area contributed by atoms with Crippen LogP contribution in [0.5, 0.6) is 0 Å². The number of carbonyl (C=O) groups excluding carboxylic acids is 8. The number of Topliss-reactive ketones (excluding diaryl/α,β-unsaturated/α-hetero) is 5. The number of aromatic nitrogens is 4. The van der Waals surface area contributed by atoms with Gasteiger partial charge in [-0.05, 0) is 83.5 Å². The molecule has 45 heteroatoms. The number of ketones is 5. The van der Waals surface area contributed by atoms with Gasteiger partial charge in [0.15, 0.2) is 30.3 Å². The zero-order valence-electron chi connectivity index (χ0n) is 74.9. The molecule has 0 bridgehead atoms. The minimum absolute atomic E-state index is 0.00454. The summed E-state index contributed by atoms with van der Waals surface area (Å²) in [7, 11) is -9.41. The fourth-order valence-electron chi connectivity index (χ4n) is 15.6. The number of likely N-dealkylation sites (tertiary alicyclic amines) is 1. The Morgan fingerprint density at radius 3 is 1.38 bits per heavy atom. The van der Waals surface area contributed by atoms with Gasteiger partial charge in [0.1, 0.15) is 108 Å². The van der Waals surface area contributed by atoms with E-state index in [1.807, 2.05) is 0 Å². The van der Waals surface area contributed by atoms with Crippen LogP contribution in [0.1, 0.15) is 221 Å². The number of fused-ring (bicyclic) bond motifs is 1. The Hall–Kier alpha value is -5.43. The van der Waals surface area contributed by atoms with Crippen LogP contribution in [0.15, 0.2) is 12.7 Å². The molecule has 0 aromatic carbocycles. The van der Waals surface area contributed by atoms with E-state index in [1.54, 1.807) is 20.8 Å². The number of β-amino-alcohol motifs (C(OH)–C–C–N with tert-alkyl or cyclic N) is 1. The normalized spacial score (nSPS) is 28.1. The average Bonchev–Trinajstić information content (AvgIpc) is 1.63. The lowest BCUT2D eigenvalue weighted by molar-refractivity contribution is -0.282. The number of rotatable bonds is 66. The number of aliphatic hydroxyl groups excluding tert-OH is 10. The second kappa shape index (κ2) is 56.8. The fraction of sp³-hybridized carbons (Fsp3) is 0.845. The lowest BCUT2D eigenvalue weighted by Crippen LogP contribution is -2.59. The van der Waals surface area contributed by atoms with Crippen molar-refractivity contribution in [3.8, 4) is 0 Å². The molecule has 7 heterocycles. The Morgan fingerprint density at radius 2 is 0.938 bits per heavy atom. The Kier molecular flexibility index (Phi) is 48.7.